The van der Waals surface area contributed by atoms with E-state index in [1.165, 1.54) is 12.1 Å². The van der Waals surface area contributed by atoms with Crippen molar-refractivity contribution >= 4 is 22.6 Å². The Morgan fingerprint density at radius 2 is 1.89 bits per heavy atom. The first-order valence-corrected chi connectivity index (χ1v) is 11.1. The number of anilines is 1. The van der Waals surface area contributed by atoms with Crippen molar-refractivity contribution in [3.8, 4) is 11.3 Å². The van der Waals surface area contributed by atoms with Crippen LogP contribution in [0.15, 0.2) is 79.3 Å². The van der Waals surface area contributed by atoms with Gasteiger partial charge in [-0.05, 0) is 66.6 Å². The number of carbonyl (C=O) groups is 1. The highest BCUT2D eigenvalue weighted by Crippen LogP contribution is 2.31. The van der Waals surface area contributed by atoms with Gasteiger partial charge in [-0.2, -0.15) is 13.2 Å². The van der Waals surface area contributed by atoms with Gasteiger partial charge >= 0.3 is 6.18 Å². The molecule has 0 saturated carbocycles. The summed E-state index contributed by atoms with van der Waals surface area (Å²) in [5.41, 5.74) is 4.47. The van der Waals surface area contributed by atoms with Gasteiger partial charge in [-0.15, -0.1) is 0 Å². The van der Waals surface area contributed by atoms with E-state index in [1.54, 1.807) is 36.8 Å². The summed E-state index contributed by atoms with van der Waals surface area (Å²) in [6.45, 7) is 1.92. The first kappa shape index (κ1) is 23.2. The Hall–Kier alpha value is -4.53. The molecule has 2 aromatic carbocycles. The third kappa shape index (κ3) is 4.81. The van der Waals surface area contributed by atoms with Gasteiger partial charge in [0.25, 0.3) is 5.91 Å². The molecule has 0 saturated heterocycles. The molecule has 9 heteroatoms. The molecule has 36 heavy (non-hydrogen) atoms. The predicted octanol–water partition coefficient (Wildman–Crippen LogP) is 6.19. The molecule has 0 unspecified atom stereocenters. The third-order valence-corrected chi connectivity index (χ3v) is 5.79. The topological polar surface area (TPSA) is 83.6 Å². The fourth-order valence-electron chi connectivity index (χ4n) is 3.93. The van der Waals surface area contributed by atoms with Gasteiger partial charge in [0, 0.05) is 41.8 Å². The van der Waals surface area contributed by atoms with E-state index in [2.05, 4.69) is 20.3 Å². The van der Waals surface area contributed by atoms with E-state index in [0.717, 1.165) is 45.6 Å². The monoisotopic (exact) mass is 487 g/mol. The number of amides is 1. The van der Waals surface area contributed by atoms with Crippen molar-refractivity contribution < 1.29 is 18.0 Å². The Morgan fingerprint density at radius 1 is 1.03 bits per heavy atom. The average molecular weight is 487 g/mol. The van der Waals surface area contributed by atoms with Crippen LogP contribution in [-0.4, -0.2) is 25.8 Å². The van der Waals surface area contributed by atoms with Crippen LogP contribution < -0.4 is 5.32 Å². The number of aryl methyl sites for hydroxylation is 1. The molecule has 0 bridgehead atoms. The lowest BCUT2D eigenvalue weighted by atomic mass is 10.0. The lowest BCUT2D eigenvalue weighted by Gasteiger charge is -2.12. The molecular formula is C27H20F3N5O. The maximum Gasteiger partial charge on any atom is 0.416 e. The Bertz CT molecular complexity index is 1560. The van der Waals surface area contributed by atoms with Crippen molar-refractivity contribution in [1.82, 2.24) is 19.9 Å². The lowest BCUT2D eigenvalue weighted by molar-refractivity contribution is -0.137. The lowest BCUT2D eigenvalue weighted by Crippen LogP contribution is -2.14. The minimum absolute atomic E-state index is 0.0688. The van der Waals surface area contributed by atoms with Gasteiger partial charge in [0.2, 0.25) is 0 Å². The minimum Gasteiger partial charge on any atom is -0.358 e. The van der Waals surface area contributed by atoms with Crippen LogP contribution in [0.1, 0.15) is 32.9 Å². The van der Waals surface area contributed by atoms with Crippen LogP contribution in [0.5, 0.6) is 0 Å². The molecule has 6 nitrogen and oxygen atoms in total. The number of nitrogens with one attached hydrogen (secondary N) is 2. The van der Waals surface area contributed by atoms with Crippen molar-refractivity contribution in [2.45, 2.75) is 19.5 Å². The molecule has 0 atom stereocenters. The minimum atomic E-state index is -4.49. The summed E-state index contributed by atoms with van der Waals surface area (Å²) >= 11 is 0. The van der Waals surface area contributed by atoms with Crippen LogP contribution in [0.2, 0.25) is 0 Å². The van der Waals surface area contributed by atoms with Crippen LogP contribution in [0.3, 0.4) is 0 Å². The number of rotatable bonds is 5. The van der Waals surface area contributed by atoms with E-state index in [1.807, 2.05) is 25.1 Å². The van der Waals surface area contributed by atoms with Crippen LogP contribution in [0.4, 0.5) is 18.9 Å². The number of alkyl halides is 3. The average Bonchev–Trinajstić information content (AvgIpc) is 3.34. The highest BCUT2D eigenvalue weighted by Gasteiger charge is 2.30. The van der Waals surface area contributed by atoms with E-state index in [-0.39, 0.29) is 5.69 Å². The van der Waals surface area contributed by atoms with E-state index in [9.17, 15) is 18.0 Å². The van der Waals surface area contributed by atoms with E-state index < -0.39 is 17.6 Å². The number of nitrogens with zero attached hydrogens (tertiary/aromatic N) is 3. The fraction of sp³-hybridized carbons (Fsp3) is 0.111. The molecule has 0 radical (unpaired) electrons. The predicted molar refractivity (Wildman–Crippen MR) is 131 cm³/mol. The number of fused-ring (bicyclic) bond motifs is 1. The van der Waals surface area contributed by atoms with Crippen LogP contribution >= 0.6 is 0 Å². The number of aromatic nitrogens is 4. The molecule has 3 aromatic heterocycles. The van der Waals surface area contributed by atoms with Gasteiger partial charge in [0.1, 0.15) is 5.82 Å². The quantitative estimate of drug-likeness (QED) is 0.310. The van der Waals surface area contributed by atoms with Crippen LogP contribution in [0.25, 0.3) is 22.3 Å². The normalized spacial score (nSPS) is 11.6. The number of halogens is 3. The SMILES string of the molecule is Cc1ccc(C(=O)Nc2cccc(C(F)(F)F)c2)cc1Cc1nc(-c2cccnc2)c2[nH]ccc2n1. The number of pyridine rings is 1. The Balaban J connectivity index is 1.43. The molecule has 0 aliphatic rings. The zero-order valence-electron chi connectivity index (χ0n) is 19.1. The molecule has 0 fully saturated rings. The molecule has 3 heterocycles. The summed E-state index contributed by atoms with van der Waals surface area (Å²) in [5, 5.41) is 2.55. The number of hydrogen-bond acceptors (Lipinski definition) is 4. The van der Waals surface area contributed by atoms with Crippen LogP contribution in [-0.2, 0) is 12.6 Å². The van der Waals surface area contributed by atoms with Gasteiger partial charge in [-0.1, -0.05) is 12.1 Å². The second-order valence-electron chi connectivity index (χ2n) is 8.32. The van der Waals surface area contributed by atoms with Gasteiger partial charge in [0.15, 0.2) is 0 Å². The fourth-order valence-corrected chi connectivity index (χ4v) is 3.93. The molecule has 5 rings (SSSR count). The molecule has 1 amide bonds. The van der Waals surface area contributed by atoms with E-state index in [0.29, 0.717) is 17.8 Å². The number of H-pyrrole nitrogens is 1. The molecule has 0 spiro atoms. The zero-order valence-corrected chi connectivity index (χ0v) is 19.1. The standard InChI is InChI=1S/C27H20F3N5O/c1-16-7-8-17(26(36)33-21-6-2-5-20(14-21)27(28,29)30)12-19(16)13-23-34-22-9-11-32-25(22)24(35-23)18-4-3-10-31-15-18/h2-12,14-15,32H,13H2,1H3,(H,33,36). The third-order valence-electron chi connectivity index (χ3n) is 5.79. The summed E-state index contributed by atoms with van der Waals surface area (Å²) in [6, 6.07) is 15.3. The summed E-state index contributed by atoms with van der Waals surface area (Å²) in [5.74, 6) is 0.0631. The summed E-state index contributed by atoms with van der Waals surface area (Å²) in [4.78, 5) is 29.6. The largest absolute Gasteiger partial charge is 0.416 e. The molecule has 0 aliphatic heterocycles. The Kier molecular flexibility index (Phi) is 5.97. The summed E-state index contributed by atoms with van der Waals surface area (Å²) in [6.07, 6.45) is 1.10. The first-order valence-electron chi connectivity index (χ1n) is 11.1. The smallest absolute Gasteiger partial charge is 0.358 e. The second kappa shape index (κ2) is 9.26. The van der Waals surface area contributed by atoms with Gasteiger partial charge < -0.3 is 10.3 Å². The Morgan fingerprint density at radius 3 is 2.67 bits per heavy atom. The molecule has 180 valence electrons. The molecule has 2 N–H and O–H groups in total. The van der Waals surface area contributed by atoms with E-state index in [4.69, 9.17) is 4.98 Å². The number of carbonyl (C=O) groups excluding carboxylic acids is 1. The first-order chi connectivity index (χ1) is 17.3. The Labute approximate surface area is 204 Å². The molecular weight excluding hydrogens is 467 g/mol. The van der Waals surface area contributed by atoms with Gasteiger partial charge in [-0.25, -0.2) is 9.97 Å². The maximum atomic E-state index is 13.0. The van der Waals surface area contributed by atoms with Crippen molar-refractivity contribution in [2.24, 2.45) is 0 Å². The molecule has 0 aliphatic carbocycles. The summed E-state index contributed by atoms with van der Waals surface area (Å²) in [7, 11) is 0. The second-order valence-corrected chi connectivity index (χ2v) is 8.32. The number of benzene rings is 2. The van der Waals surface area contributed by atoms with Crippen molar-refractivity contribution in [3.05, 3.63) is 107 Å². The van der Waals surface area contributed by atoms with Crippen molar-refractivity contribution in [3.63, 3.8) is 0 Å². The maximum absolute atomic E-state index is 13.0. The zero-order chi connectivity index (χ0) is 25.3. The number of aromatic amines is 1. The summed E-state index contributed by atoms with van der Waals surface area (Å²) < 4.78 is 39.0. The van der Waals surface area contributed by atoms with Crippen molar-refractivity contribution in [1.29, 1.82) is 0 Å². The van der Waals surface area contributed by atoms with E-state index >= 15 is 0 Å². The van der Waals surface area contributed by atoms with Gasteiger partial charge in [0.05, 0.1) is 22.3 Å². The van der Waals surface area contributed by atoms with Gasteiger partial charge in [-0.3, -0.25) is 9.78 Å². The number of hydrogen-bond donors (Lipinski definition) is 2. The molecule has 5 aromatic rings. The highest BCUT2D eigenvalue weighted by atomic mass is 19.4. The highest BCUT2D eigenvalue weighted by molar-refractivity contribution is 6.04. The van der Waals surface area contributed by atoms with Crippen molar-refractivity contribution in [2.75, 3.05) is 5.32 Å². The van der Waals surface area contributed by atoms with Crippen LogP contribution in [0, 0.1) is 6.92 Å².